The number of hydrogen-bond donors (Lipinski definition) is 0. The molecule has 0 saturated carbocycles. The largest absolute Gasteiger partial charge is 0.466 e. The molecule has 0 N–H and O–H groups in total. The maximum atomic E-state index is 6.86. The van der Waals surface area contributed by atoms with E-state index in [1.54, 1.807) is 0 Å². The number of benzene rings is 3. The molecule has 3 nitrogen and oxygen atoms in total. The van der Waals surface area contributed by atoms with Gasteiger partial charge in [0.1, 0.15) is 23.7 Å². The average molecular weight is 438 g/mol. The molecular weight excluding hydrogens is 406 g/mol. The number of unbranched alkanes of at least 4 members (excludes halogenated alkanes) is 1. The first-order chi connectivity index (χ1) is 16.2. The molecule has 5 rings (SSSR count). The van der Waals surface area contributed by atoms with Crippen molar-refractivity contribution in [1.29, 1.82) is 0 Å². The van der Waals surface area contributed by atoms with E-state index in [-0.39, 0.29) is 12.1 Å². The molecule has 0 saturated heterocycles. The normalized spacial score (nSPS) is 17.7. The van der Waals surface area contributed by atoms with Gasteiger partial charge in [0.15, 0.2) is 0 Å². The molecule has 33 heavy (non-hydrogen) atoms. The van der Waals surface area contributed by atoms with Crippen LogP contribution in [0.4, 0.5) is 5.69 Å². The van der Waals surface area contributed by atoms with Crippen LogP contribution in [-0.2, 0) is 11.3 Å². The molecule has 0 radical (unpaired) electrons. The third-order valence-corrected chi connectivity index (χ3v) is 6.50. The van der Waals surface area contributed by atoms with Gasteiger partial charge in [-0.1, -0.05) is 91.7 Å². The highest BCUT2D eigenvalue weighted by Crippen LogP contribution is 2.49. The molecule has 168 valence electrons. The fourth-order valence-electron chi connectivity index (χ4n) is 4.82. The fourth-order valence-corrected chi connectivity index (χ4v) is 4.82. The van der Waals surface area contributed by atoms with E-state index >= 15 is 0 Å². The summed E-state index contributed by atoms with van der Waals surface area (Å²) in [7, 11) is 0. The minimum atomic E-state index is -0.221. The van der Waals surface area contributed by atoms with Gasteiger partial charge in [0.2, 0.25) is 0 Å². The van der Waals surface area contributed by atoms with Crippen LogP contribution in [0.3, 0.4) is 0 Å². The topological polar surface area (TPSA) is 25.6 Å². The molecule has 0 bridgehead atoms. The molecule has 0 spiro atoms. The molecule has 1 aliphatic heterocycles. The van der Waals surface area contributed by atoms with Crippen molar-refractivity contribution >= 4 is 5.69 Å². The summed E-state index contributed by atoms with van der Waals surface area (Å²) in [5.74, 6) is 2.04. The van der Waals surface area contributed by atoms with Crippen LogP contribution in [0.15, 0.2) is 89.3 Å². The molecule has 3 heteroatoms. The first-order valence-electron chi connectivity index (χ1n) is 11.9. The van der Waals surface area contributed by atoms with Gasteiger partial charge >= 0.3 is 0 Å². The Labute approximate surface area is 196 Å². The smallest absolute Gasteiger partial charge is 0.139 e. The van der Waals surface area contributed by atoms with E-state index in [0.717, 1.165) is 42.0 Å². The Hall–Kier alpha value is -3.30. The predicted octanol–water partition coefficient (Wildman–Crippen LogP) is 7.87. The number of hydroxylamine groups is 1. The lowest BCUT2D eigenvalue weighted by Gasteiger charge is -2.41. The van der Waals surface area contributed by atoms with Gasteiger partial charge in [-0.15, -0.1) is 0 Å². The van der Waals surface area contributed by atoms with Crippen molar-refractivity contribution in [3.63, 3.8) is 0 Å². The number of aryl methyl sites for hydroxylation is 3. The molecule has 1 aromatic heterocycles. The number of hydrogen-bond acceptors (Lipinski definition) is 3. The third kappa shape index (κ3) is 4.09. The van der Waals surface area contributed by atoms with E-state index in [4.69, 9.17) is 9.25 Å². The number of rotatable bonds is 6. The van der Waals surface area contributed by atoms with Crippen molar-refractivity contribution in [3.8, 4) is 0 Å². The zero-order valence-electron chi connectivity index (χ0n) is 19.6. The van der Waals surface area contributed by atoms with Crippen molar-refractivity contribution < 1.29 is 9.25 Å². The lowest BCUT2D eigenvalue weighted by atomic mass is 9.87. The maximum Gasteiger partial charge on any atom is 0.139 e. The number of nitrogens with zero attached hydrogens (tertiary/aromatic N) is 1. The summed E-state index contributed by atoms with van der Waals surface area (Å²) in [5.41, 5.74) is 7.03. The SMILES string of the molecule is CCCCc1oc(C)c2c1C(c1ccccc1)N(c1ccc(C)cc1)OC2c1ccccc1. The van der Waals surface area contributed by atoms with E-state index in [1.165, 1.54) is 22.3 Å². The molecule has 4 aromatic rings. The highest BCUT2D eigenvalue weighted by Gasteiger charge is 2.41. The predicted molar refractivity (Wildman–Crippen MR) is 133 cm³/mol. The Morgan fingerprint density at radius 2 is 1.39 bits per heavy atom. The van der Waals surface area contributed by atoms with Gasteiger partial charge in [-0.3, -0.25) is 4.84 Å². The zero-order chi connectivity index (χ0) is 22.8. The molecule has 0 aliphatic carbocycles. The molecule has 2 unspecified atom stereocenters. The van der Waals surface area contributed by atoms with Crippen molar-refractivity contribution in [2.75, 3.05) is 5.06 Å². The summed E-state index contributed by atoms with van der Waals surface area (Å²) in [6.07, 6.45) is 2.94. The minimum Gasteiger partial charge on any atom is -0.466 e. The highest BCUT2D eigenvalue weighted by molar-refractivity contribution is 5.57. The van der Waals surface area contributed by atoms with Gasteiger partial charge in [0.05, 0.1) is 5.69 Å². The molecule has 0 fully saturated rings. The Balaban J connectivity index is 1.74. The van der Waals surface area contributed by atoms with Crippen LogP contribution in [0, 0.1) is 13.8 Å². The monoisotopic (exact) mass is 437 g/mol. The van der Waals surface area contributed by atoms with Crippen LogP contribution < -0.4 is 5.06 Å². The molecule has 2 atom stereocenters. The Bertz CT molecular complexity index is 1200. The van der Waals surface area contributed by atoms with Crippen LogP contribution in [-0.4, -0.2) is 0 Å². The number of fused-ring (bicyclic) bond motifs is 1. The second kappa shape index (κ2) is 9.29. The quantitative estimate of drug-likeness (QED) is 0.307. The number of furan rings is 1. The zero-order valence-corrected chi connectivity index (χ0v) is 19.6. The summed E-state index contributed by atoms with van der Waals surface area (Å²) in [4.78, 5) is 6.86. The maximum absolute atomic E-state index is 6.86. The van der Waals surface area contributed by atoms with Crippen molar-refractivity contribution in [2.24, 2.45) is 0 Å². The minimum absolute atomic E-state index is 0.0758. The first-order valence-corrected chi connectivity index (χ1v) is 11.9. The van der Waals surface area contributed by atoms with E-state index < -0.39 is 0 Å². The van der Waals surface area contributed by atoms with E-state index in [9.17, 15) is 0 Å². The summed E-state index contributed by atoms with van der Waals surface area (Å²) in [6, 6.07) is 29.6. The van der Waals surface area contributed by atoms with Crippen LogP contribution in [0.2, 0.25) is 0 Å². The average Bonchev–Trinajstić information content (AvgIpc) is 3.19. The Morgan fingerprint density at radius 3 is 2.03 bits per heavy atom. The van der Waals surface area contributed by atoms with E-state index in [2.05, 4.69) is 105 Å². The standard InChI is InChI=1S/C30H31NO2/c1-4-5-16-26-28-27(22(3)32-26)30(24-14-10-7-11-15-24)33-31(25-19-17-21(2)18-20-25)29(28)23-12-8-6-9-13-23/h6-15,17-20,29-30H,4-5,16H2,1-3H3. The fraction of sp³-hybridized carbons (Fsp3) is 0.267. The number of anilines is 1. The van der Waals surface area contributed by atoms with Gasteiger partial charge in [-0.25, -0.2) is 5.06 Å². The highest BCUT2D eigenvalue weighted by atomic mass is 16.7. The molecular formula is C30H31NO2. The van der Waals surface area contributed by atoms with Crippen LogP contribution >= 0.6 is 0 Å². The Kier molecular flexibility index (Phi) is 6.06. The molecule has 0 amide bonds. The third-order valence-electron chi connectivity index (χ3n) is 6.50. The van der Waals surface area contributed by atoms with Crippen molar-refractivity contribution in [1.82, 2.24) is 0 Å². The lowest BCUT2D eigenvalue weighted by molar-refractivity contribution is 0.0304. The van der Waals surface area contributed by atoms with Crippen LogP contribution in [0.5, 0.6) is 0 Å². The molecule has 1 aliphatic rings. The van der Waals surface area contributed by atoms with Crippen LogP contribution in [0.1, 0.15) is 71.2 Å². The second-order valence-electron chi connectivity index (χ2n) is 8.88. The summed E-state index contributed by atoms with van der Waals surface area (Å²) in [5, 5.41) is 2.10. The summed E-state index contributed by atoms with van der Waals surface area (Å²) in [6.45, 7) is 6.42. The van der Waals surface area contributed by atoms with Crippen LogP contribution in [0.25, 0.3) is 0 Å². The van der Waals surface area contributed by atoms with Crippen molar-refractivity contribution in [3.05, 3.63) is 124 Å². The van der Waals surface area contributed by atoms with Gasteiger partial charge < -0.3 is 4.42 Å². The van der Waals surface area contributed by atoms with E-state index in [1.807, 2.05) is 6.07 Å². The second-order valence-corrected chi connectivity index (χ2v) is 8.88. The Morgan fingerprint density at radius 1 is 0.758 bits per heavy atom. The van der Waals surface area contributed by atoms with Gasteiger partial charge in [0, 0.05) is 17.5 Å². The van der Waals surface area contributed by atoms with Gasteiger partial charge in [-0.05, 0) is 43.5 Å². The first kappa shape index (κ1) is 21.5. The summed E-state index contributed by atoms with van der Waals surface area (Å²) < 4.78 is 6.47. The van der Waals surface area contributed by atoms with Gasteiger partial charge in [-0.2, -0.15) is 0 Å². The van der Waals surface area contributed by atoms with E-state index in [0.29, 0.717) is 0 Å². The molecule has 2 heterocycles. The lowest BCUT2D eigenvalue weighted by Crippen LogP contribution is -2.37. The molecule has 3 aromatic carbocycles. The summed E-state index contributed by atoms with van der Waals surface area (Å²) >= 11 is 0. The van der Waals surface area contributed by atoms with Crippen molar-refractivity contribution in [2.45, 2.75) is 52.2 Å². The van der Waals surface area contributed by atoms with Gasteiger partial charge in [0.25, 0.3) is 0 Å².